The molecule has 0 amide bonds. The second-order valence-electron chi connectivity index (χ2n) is 4.66. The molecule has 2 aromatic rings. The molecule has 1 fully saturated rings. The highest BCUT2D eigenvalue weighted by Crippen LogP contribution is 2.36. The van der Waals surface area contributed by atoms with E-state index in [-0.39, 0.29) is 0 Å². The van der Waals surface area contributed by atoms with Crippen LogP contribution in [0.15, 0.2) is 41.7 Å². The standard InChI is InChI=1S/C14H17N3S/c15-7-11-2-1-3-14(6-11)18-9-13-8-16-10-17(13)12-4-5-12/h1-3,6,8,10,12H,4-5,7,9,15H2. The Kier molecular flexibility index (Phi) is 3.39. The van der Waals surface area contributed by atoms with Gasteiger partial charge >= 0.3 is 0 Å². The molecule has 0 atom stereocenters. The van der Waals surface area contributed by atoms with Crippen LogP contribution in [-0.4, -0.2) is 9.55 Å². The normalized spacial score (nSPS) is 14.9. The maximum Gasteiger partial charge on any atom is 0.0951 e. The molecule has 1 saturated carbocycles. The summed E-state index contributed by atoms with van der Waals surface area (Å²) in [6.07, 6.45) is 6.55. The molecule has 3 nitrogen and oxygen atoms in total. The molecule has 2 N–H and O–H groups in total. The molecule has 1 aliphatic carbocycles. The minimum absolute atomic E-state index is 0.606. The van der Waals surface area contributed by atoms with Gasteiger partial charge in [0.15, 0.2) is 0 Å². The van der Waals surface area contributed by atoms with E-state index in [2.05, 4.69) is 33.8 Å². The van der Waals surface area contributed by atoms with Crippen molar-refractivity contribution in [1.29, 1.82) is 0 Å². The first kappa shape index (κ1) is 11.8. The van der Waals surface area contributed by atoms with E-state index in [1.807, 2.05) is 24.3 Å². The van der Waals surface area contributed by atoms with Gasteiger partial charge in [0.25, 0.3) is 0 Å². The lowest BCUT2D eigenvalue weighted by Gasteiger charge is -2.07. The van der Waals surface area contributed by atoms with Crippen LogP contribution in [0, 0.1) is 0 Å². The van der Waals surface area contributed by atoms with Gasteiger partial charge in [-0.15, -0.1) is 11.8 Å². The highest BCUT2D eigenvalue weighted by molar-refractivity contribution is 7.98. The van der Waals surface area contributed by atoms with Gasteiger partial charge in [0.2, 0.25) is 0 Å². The predicted molar refractivity (Wildman–Crippen MR) is 74.4 cm³/mol. The lowest BCUT2D eigenvalue weighted by atomic mass is 10.2. The molecule has 4 heteroatoms. The van der Waals surface area contributed by atoms with Gasteiger partial charge in [0, 0.05) is 35.1 Å². The van der Waals surface area contributed by atoms with Gasteiger partial charge in [-0.2, -0.15) is 0 Å². The summed E-state index contributed by atoms with van der Waals surface area (Å²) < 4.78 is 2.32. The first-order chi connectivity index (χ1) is 8.86. The van der Waals surface area contributed by atoms with E-state index in [0.717, 1.165) is 5.75 Å². The Morgan fingerprint density at radius 2 is 2.28 bits per heavy atom. The van der Waals surface area contributed by atoms with Crippen LogP contribution < -0.4 is 5.73 Å². The number of nitrogens with zero attached hydrogens (tertiary/aromatic N) is 2. The van der Waals surface area contributed by atoms with Gasteiger partial charge in [0.05, 0.1) is 6.33 Å². The smallest absolute Gasteiger partial charge is 0.0951 e. The van der Waals surface area contributed by atoms with E-state index < -0.39 is 0 Å². The van der Waals surface area contributed by atoms with E-state index in [1.165, 1.54) is 29.0 Å². The first-order valence-corrected chi connectivity index (χ1v) is 7.28. The maximum atomic E-state index is 5.66. The van der Waals surface area contributed by atoms with Crippen LogP contribution in [0.2, 0.25) is 0 Å². The number of benzene rings is 1. The molecule has 0 spiro atoms. The van der Waals surface area contributed by atoms with Gasteiger partial charge in [-0.25, -0.2) is 4.98 Å². The van der Waals surface area contributed by atoms with Crippen molar-refractivity contribution >= 4 is 11.8 Å². The van der Waals surface area contributed by atoms with Crippen molar-refractivity contribution in [2.75, 3.05) is 0 Å². The molecule has 0 aliphatic heterocycles. The number of hydrogen-bond donors (Lipinski definition) is 1. The van der Waals surface area contributed by atoms with Crippen LogP contribution >= 0.6 is 11.8 Å². The van der Waals surface area contributed by atoms with Crippen molar-refractivity contribution in [2.24, 2.45) is 5.73 Å². The van der Waals surface area contributed by atoms with Gasteiger partial charge in [-0.1, -0.05) is 12.1 Å². The molecule has 94 valence electrons. The van der Waals surface area contributed by atoms with Crippen LogP contribution in [0.4, 0.5) is 0 Å². The minimum Gasteiger partial charge on any atom is -0.331 e. The second-order valence-corrected chi connectivity index (χ2v) is 5.71. The second kappa shape index (κ2) is 5.16. The number of aromatic nitrogens is 2. The van der Waals surface area contributed by atoms with Crippen LogP contribution in [0.1, 0.15) is 30.1 Å². The van der Waals surface area contributed by atoms with E-state index >= 15 is 0 Å². The largest absolute Gasteiger partial charge is 0.331 e. The third-order valence-corrected chi connectivity index (χ3v) is 4.23. The Hall–Kier alpha value is -1.26. The molecule has 3 rings (SSSR count). The van der Waals surface area contributed by atoms with Crippen molar-refractivity contribution in [1.82, 2.24) is 9.55 Å². The Morgan fingerprint density at radius 3 is 3.06 bits per heavy atom. The zero-order valence-electron chi connectivity index (χ0n) is 10.2. The van der Waals surface area contributed by atoms with Crippen molar-refractivity contribution < 1.29 is 0 Å². The van der Waals surface area contributed by atoms with Crippen LogP contribution in [0.25, 0.3) is 0 Å². The van der Waals surface area contributed by atoms with Crippen molar-refractivity contribution in [2.45, 2.75) is 36.1 Å². The predicted octanol–water partition coefficient (Wildman–Crippen LogP) is 2.97. The SMILES string of the molecule is NCc1cccc(SCc2cncn2C2CC2)c1. The molecule has 1 aromatic heterocycles. The fourth-order valence-corrected chi connectivity index (χ4v) is 2.99. The van der Waals surface area contributed by atoms with Crippen LogP contribution in [0.3, 0.4) is 0 Å². The first-order valence-electron chi connectivity index (χ1n) is 6.29. The summed E-state index contributed by atoms with van der Waals surface area (Å²) in [6.45, 7) is 0.606. The summed E-state index contributed by atoms with van der Waals surface area (Å²) in [6, 6.07) is 9.16. The zero-order valence-corrected chi connectivity index (χ0v) is 11.1. The lowest BCUT2D eigenvalue weighted by Crippen LogP contribution is -1.97. The molecular formula is C14H17N3S. The Labute approximate surface area is 111 Å². The van der Waals surface area contributed by atoms with Crippen molar-refractivity contribution in [3.05, 3.63) is 48.0 Å². The maximum absolute atomic E-state index is 5.66. The monoisotopic (exact) mass is 259 g/mol. The van der Waals surface area contributed by atoms with Gasteiger partial charge in [-0.05, 0) is 30.5 Å². The summed E-state index contributed by atoms with van der Waals surface area (Å²) in [7, 11) is 0. The molecule has 1 aromatic carbocycles. The number of thioether (sulfide) groups is 1. The number of nitrogens with two attached hydrogens (primary N) is 1. The molecule has 0 radical (unpaired) electrons. The Balaban J connectivity index is 1.67. The lowest BCUT2D eigenvalue weighted by molar-refractivity contribution is 0.714. The Morgan fingerprint density at radius 1 is 1.39 bits per heavy atom. The minimum atomic E-state index is 0.606. The number of hydrogen-bond acceptors (Lipinski definition) is 3. The number of imidazole rings is 1. The molecule has 0 unspecified atom stereocenters. The molecule has 1 heterocycles. The zero-order chi connectivity index (χ0) is 12.4. The summed E-state index contributed by atoms with van der Waals surface area (Å²) in [4.78, 5) is 5.54. The number of rotatable bonds is 5. The molecule has 0 saturated heterocycles. The van der Waals surface area contributed by atoms with Gasteiger partial charge in [0.1, 0.15) is 0 Å². The quantitative estimate of drug-likeness (QED) is 0.840. The molecular weight excluding hydrogens is 242 g/mol. The third kappa shape index (κ3) is 2.60. The summed E-state index contributed by atoms with van der Waals surface area (Å²) in [5.41, 5.74) is 8.17. The van der Waals surface area contributed by atoms with Crippen molar-refractivity contribution in [3.63, 3.8) is 0 Å². The van der Waals surface area contributed by atoms with Crippen LogP contribution in [0.5, 0.6) is 0 Å². The van der Waals surface area contributed by atoms with E-state index in [1.54, 1.807) is 0 Å². The fraction of sp³-hybridized carbons (Fsp3) is 0.357. The van der Waals surface area contributed by atoms with Gasteiger partial charge < -0.3 is 10.3 Å². The summed E-state index contributed by atoms with van der Waals surface area (Å²) in [5.74, 6) is 0.977. The van der Waals surface area contributed by atoms with Gasteiger partial charge in [-0.3, -0.25) is 0 Å². The summed E-state index contributed by atoms with van der Waals surface area (Å²) >= 11 is 1.85. The highest BCUT2D eigenvalue weighted by atomic mass is 32.2. The summed E-state index contributed by atoms with van der Waals surface area (Å²) in [5, 5.41) is 0. The Bertz CT molecular complexity index is 531. The average Bonchev–Trinajstić information content (AvgIpc) is 3.15. The molecule has 18 heavy (non-hydrogen) atoms. The van der Waals surface area contributed by atoms with E-state index in [4.69, 9.17) is 5.73 Å². The average molecular weight is 259 g/mol. The topological polar surface area (TPSA) is 43.8 Å². The van der Waals surface area contributed by atoms with Crippen LogP contribution in [-0.2, 0) is 12.3 Å². The highest BCUT2D eigenvalue weighted by Gasteiger charge is 2.24. The van der Waals surface area contributed by atoms with E-state index in [9.17, 15) is 0 Å². The third-order valence-electron chi connectivity index (χ3n) is 3.21. The molecule has 1 aliphatic rings. The van der Waals surface area contributed by atoms with E-state index in [0.29, 0.717) is 12.6 Å². The van der Waals surface area contributed by atoms with Crippen molar-refractivity contribution in [3.8, 4) is 0 Å². The fourth-order valence-electron chi connectivity index (χ4n) is 2.04. The molecule has 0 bridgehead atoms.